The maximum Gasteiger partial charge on any atom is 0.164 e. The Morgan fingerprint density at radius 2 is 1.62 bits per heavy atom. The summed E-state index contributed by atoms with van der Waals surface area (Å²) in [4.78, 5) is 2.30. The third kappa shape index (κ3) is 3.79. The van der Waals surface area contributed by atoms with E-state index in [1.54, 1.807) is 21.3 Å². The van der Waals surface area contributed by atoms with Crippen LogP contribution in [0, 0.1) is 0 Å². The van der Waals surface area contributed by atoms with Crippen molar-refractivity contribution in [1.82, 2.24) is 4.90 Å². The van der Waals surface area contributed by atoms with Crippen molar-refractivity contribution >= 4 is 6.08 Å². The zero-order chi connectivity index (χ0) is 15.2. The molecule has 0 unspecified atom stereocenters. The molecule has 0 saturated heterocycles. The molecule has 1 aliphatic rings. The predicted molar refractivity (Wildman–Crippen MR) is 85.3 cm³/mol. The van der Waals surface area contributed by atoms with Gasteiger partial charge in [-0.1, -0.05) is 18.2 Å². The first kappa shape index (κ1) is 15.4. The molecule has 4 heteroatoms. The molecule has 0 atom stereocenters. The van der Waals surface area contributed by atoms with Crippen molar-refractivity contribution < 1.29 is 14.2 Å². The first-order valence-corrected chi connectivity index (χ1v) is 7.03. The van der Waals surface area contributed by atoms with Crippen LogP contribution in [0.4, 0.5) is 0 Å². The number of nitrogens with zero attached hydrogens (tertiary/aromatic N) is 1. The van der Waals surface area contributed by atoms with Crippen molar-refractivity contribution in [3.8, 4) is 17.2 Å². The first-order chi connectivity index (χ1) is 10.2. The van der Waals surface area contributed by atoms with E-state index >= 15 is 0 Å². The number of benzene rings is 1. The third-order valence-electron chi connectivity index (χ3n) is 3.66. The minimum absolute atomic E-state index is 0.671. The molecule has 0 spiro atoms. The molecule has 1 aromatic rings. The molecule has 1 aromatic carbocycles. The van der Waals surface area contributed by atoms with E-state index in [1.165, 1.54) is 5.57 Å². The highest BCUT2D eigenvalue weighted by molar-refractivity contribution is 5.65. The van der Waals surface area contributed by atoms with Gasteiger partial charge in [-0.3, -0.25) is 0 Å². The van der Waals surface area contributed by atoms with Gasteiger partial charge in [0.25, 0.3) is 0 Å². The molecule has 4 nitrogen and oxygen atoms in total. The van der Waals surface area contributed by atoms with E-state index < -0.39 is 0 Å². The lowest BCUT2D eigenvalue weighted by Gasteiger charge is -2.20. The number of ether oxygens (including phenoxy) is 3. The molecule has 0 aliphatic carbocycles. The van der Waals surface area contributed by atoms with E-state index in [4.69, 9.17) is 14.2 Å². The summed E-state index contributed by atoms with van der Waals surface area (Å²) in [6, 6.07) is 3.78. The van der Waals surface area contributed by atoms with E-state index in [0.29, 0.717) is 11.5 Å². The molecule has 0 bridgehead atoms. The van der Waals surface area contributed by atoms with Crippen molar-refractivity contribution in [3.05, 3.63) is 35.4 Å². The van der Waals surface area contributed by atoms with E-state index in [9.17, 15) is 0 Å². The van der Waals surface area contributed by atoms with Crippen molar-refractivity contribution in [3.63, 3.8) is 0 Å². The lowest BCUT2D eigenvalue weighted by molar-refractivity contribution is 0.348. The van der Waals surface area contributed by atoms with Crippen LogP contribution in [-0.2, 0) is 0 Å². The van der Waals surface area contributed by atoms with Crippen LogP contribution in [0.3, 0.4) is 0 Å². The lowest BCUT2D eigenvalue weighted by atomic mass is 10.1. The van der Waals surface area contributed by atoms with E-state index in [0.717, 1.165) is 30.8 Å². The van der Waals surface area contributed by atoms with Crippen LogP contribution in [-0.4, -0.2) is 46.4 Å². The quantitative estimate of drug-likeness (QED) is 0.834. The number of hydrogen-bond acceptors (Lipinski definition) is 4. The smallest absolute Gasteiger partial charge is 0.164 e. The summed E-state index contributed by atoms with van der Waals surface area (Å²) in [5.41, 5.74) is 2.33. The number of likely N-dealkylation sites (N-methyl/N-ethyl adjacent to an activating group) is 1. The normalized spacial score (nSPS) is 15.9. The highest BCUT2D eigenvalue weighted by Crippen LogP contribution is 2.35. The van der Waals surface area contributed by atoms with Crippen LogP contribution in [0.2, 0.25) is 0 Å². The Kier molecular flexibility index (Phi) is 5.28. The molecule has 1 aliphatic heterocycles. The molecule has 21 heavy (non-hydrogen) atoms. The van der Waals surface area contributed by atoms with E-state index in [1.807, 2.05) is 12.1 Å². The molecular weight excluding hydrogens is 266 g/mol. The first-order valence-electron chi connectivity index (χ1n) is 7.03. The Morgan fingerprint density at radius 1 is 0.952 bits per heavy atom. The van der Waals surface area contributed by atoms with Crippen molar-refractivity contribution in [2.45, 2.75) is 6.42 Å². The summed E-state index contributed by atoms with van der Waals surface area (Å²) < 4.78 is 16.1. The summed E-state index contributed by atoms with van der Waals surface area (Å²) in [5.74, 6) is 2.15. The minimum atomic E-state index is 0.671. The number of methoxy groups -OCH3 is 3. The van der Waals surface area contributed by atoms with Gasteiger partial charge < -0.3 is 19.1 Å². The van der Waals surface area contributed by atoms with Gasteiger partial charge in [-0.25, -0.2) is 0 Å². The van der Waals surface area contributed by atoms with Crippen LogP contribution in [0.25, 0.3) is 6.08 Å². The molecule has 0 N–H and O–H groups in total. The standard InChI is InChI=1S/C17H23NO3/c1-18-9-7-13(8-10-18)5-6-14-11-16(20-3)17(21-4)12-15(14)19-2/h5-7,11-12H,8-10H2,1-4H3/b6-5+. The van der Waals surface area contributed by atoms with Crippen molar-refractivity contribution in [2.24, 2.45) is 0 Å². The minimum Gasteiger partial charge on any atom is -0.496 e. The van der Waals surface area contributed by atoms with Crippen LogP contribution >= 0.6 is 0 Å². The largest absolute Gasteiger partial charge is 0.496 e. The van der Waals surface area contributed by atoms with Gasteiger partial charge in [0.2, 0.25) is 0 Å². The van der Waals surface area contributed by atoms with Gasteiger partial charge >= 0.3 is 0 Å². The third-order valence-corrected chi connectivity index (χ3v) is 3.66. The van der Waals surface area contributed by atoms with E-state index in [-0.39, 0.29) is 0 Å². The van der Waals surface area contributed by atoms with E-state index in [2.05, 4.69) is 30.2 Å². The molecule has 2 rings (SSSR count). The van der Waals surface area contributed by atoms with Crippen LogP contribution in [0.1, 0.15) is 12.0 Å². The summed E-state index contributed by atoms with van der Waals surface area (Å²) >= 11 is 0. The van der Waals surface area contributed by atoms with Gasteiger partial charge in [0.05, 0.1) is 21.3 Å². The van der Waals surface area contributed by atoms with Crippen LogP contribution in [0.5, 0.6) is 17.2 Å². The molecule has 114 valence electrons. The Bertz CT molecular complexity index is 549. The van der Waals surface area contributed by atoms with Crippen molar-refractivity contribution in [2.75, 3.05) is 41.5 Å². The average molecular weight is 289 g/mol. The van der Waals surface area contributed by atoms with Gasteiger partial charge in [-0.2, -0.15) is 0 Å². The fourth-order valence-corrected chi connectivity index (χ4v) is 2.32. The lowest BCUT2D eigenvalue weighted by Crippen LogP contribution is -2.23. The fraction of sp³-hybridized carbons (Fsp3) is 0.412. The Morgan fingerprint density at radius 3 is 2.19 bits per heavy atom. The second-order valence-corrected chi connectivity index (χ2v) is 5.07. The summed E-state index contributed by atoms with van der Waals surface area (Å²) in [6.07, 6.45) is 7.55. The highest BCUT2D eigenvalue weighted by atomic mass is 16.5. The number of allylic oxidation sites excluding steroid dienone is 1. The summed E-state index contributed by atoms with van der Waals surface area (Å²) in [6.45, 7) is 2.10. The zero-order valence-electron chi connectivity index (χ0n) is 13.2. The maximum absolute atomic E-state index is 5.43. The Hall–Kier alpha value is -1.94. The van der Waals surface area contributed by atoms with Gasteiger partial charge in [-0.05, 0) is 25.1 Å². The van der Waals surface area contributed by atoms with Crippen LogP contribution < -0.4 is 14.2 Å². The maximum atomic E-state index is 5.43. The van der Waals surface area contributed by atoms with Crippen LogP contribution in [0.15, 0.2) is 29.9 Å². The number of rotatable bonds is 5. The molecule has 0 amide bonds. The Labute approximate surface area is 126 Å². The predicted octanol–water partition coefficient (Wildman–Crippen LogP) is 2.99. The topological polar surface area (TPSA) is 30.9 Å². The summed E-state index contributed by atoms with van der Waals surface area (Å²) in [5, 5.41) is 0. The molecule has 0 aromatic heterocycles. The van der Waals surface area contributed by atoms with Crippen molar-refractivity contribution in [1.29, 1.82) is 0 Å². The van der Waals surface area contributed by atoms with Gasteiger partial charge in [0, 0.05) is 24.7 Å². The summed E-state index contributed by atoms with van der Waals surface area (Å²) in [7, 11) is 7.05. The second-order valence-electron chi connectivity index (χ2n) is 5.07. The molecule has 0 fully saturated rings. The zero-order valence-corrected chi connectivity index (χ0v) is 13.2. The number of hydrogen-bond donors (Lipinski definition) is 0. The van der Waals surface area contributed by atoms with Gasteiger partial charge in [0.15, 0.2) is 11.5 Å². The van der Waals surface area contributed by atoms with Gasteiger partial charge in [0.1, 0.15) is 5.75 Å². The van der Waals surface area contributed by atoms with Gasteiger partial charge in [-0.15, -0.1) is 0 Å². The molecule has 1 heterocycles. The fourth-order valence-electron chi connectivity index (χ4n) is 2.32. The molecule has 0 saturated carbocycles. The second kappa shape index (κ2) is 7.18. The Balaban J connectivity index is 2.26. The average Bonchev–Trinajstić information content (AvgIpc) is 2.53. The molecular formula is C17H23NO3. The SMILES string of the molecule is COc1cc(OC)c(OC)cc1/C=C/C1=CCN(C)CC1. The highest BCUT2D eigenvalue weighted by Gasteiger charge is 2.10. The molecule has 0 radical (unpaired) electrons. The monoisotopic (exact) mass is 289 g/mol.